The minimum atomic E-state index is -0.196. The Bertz CT molecular complexity index is 787. The van der Waals surface area contributed by atoms with Crippen molar-refractivity contribution in [3.8, 4) is 0 Å². The Kier molecular flexibility index (Phi) is 5.93. The van der Waals surface area contributed by atoms with Gasteiger partial charge < -0.3 is 15.2 Å². The van der Waals surface area contributed by atoms with E-state index in [1.54, 1.807) is 6.07 Å². The molecule has 0 saturated heterocycles. The van der Waals surface area contributed by atoms with Crippen LogP contribution in [0.3, 0.4) is 0 Å². The first-order chi connectivity index (χ1) is 12.9. The van der Waals surface area contributed by atoms with Crippen LogP contribution in [-0.4, -0.2) is 33.2 Å². The minimum Gasteiger partial charge on any atom is -0.361 e. The van der Waals surface area contributed by atoms with Crippen molar-refractivity contribution in [1.29, 1.82) is 0 Å². The number of hydrogen-bond donors (Lipinski definition) is 3. The van der Waals surface area contributed by atoms with Gasteiger partial charge in [0.05, 0.1) is 12.1 Å². The first-order valence-corrected chi connectivity index (χ1v) is 9.48. The summed E-state index contributed by atoms with van der Waals surface area (Å²) in [5.74, 6) is 1.42. The summed E-state index contributed by atoms with van der Waals surface area (Å²) >= 11 is 0. The van der Waals surface area contributed by atoms with E-state index in [1.165, 1.54) is 0 Å². The lowest BCUT2D eigenvalue weighted by molar-refractivity contribution is -0.126. The Labute approximate surface area is 158 Å². The maximum absolute atomic E-state index is 12.1. The smallest absolute Gasteiger partial charge is 0.233 e. The number of hydrogen-bond acceptors (Lipinski definition) is 5. The topological polar surface area (TPSA) is 113 Å². The summed E-state index contributed by atoms with van der Waals surface area (Å²) in [5.41, 5.74) is 1.75. The maximum Gasteiger partial charge on any atom is 0.233 e. The van der Waals surface area contributed by atoms with Gasteiger partial charge in [-0.1, -0.05) is 5.16 Å². The van der Waals surface area contributed by atoms with Crippen LogP contribution in [0, 0.1) is 12.8 Å². The molecule has 0 radical (unpaired) electrons. The lowest BCUT2D eigenvalue weighted by Crippen LogP contribution is -2.37. The number of carbonyl (C=O) groups is 2. The lowest BCUT2D eigenvalue weighted by atomic mass is 9.80. The normalized spacial score (nSPS) is 19.9. The molecule has 1 aliphatic rings. The average Bonchev–Trinajstić information content (AvgIpc) is 3.23. The van der Waals surface area contributed by atoms with Gasteiger partial charge in [0, 0.05) is 35.7 Å². The van der Waals surface area contributed by atoms with Crippen LogP contribution >= 0.6 is 0 Å². The Hall–Kier alpha value is -2.64. The number of H-pyrrole nitrogens is 1. The number of amides is 2. The molecule has 0 spiro atoms. The largest absolute Gasteiger partial charge is 0.361 e. The van der Waals surface area contributed by atoms with Crippen LogP contribution in [0.2, 0.25) is 0 Å². The van der Waals surface area contributed by atoms with Crippen LogP contribution < -0.4 is 10.6 Å². The Morgan fingerprint density at radius 3 is 2.63 bits per heavy atom. The number of rotatable bonds is 6. The lowest BCUT2D eigenvalue weighted by Gasteiger charge is -2.27. The molecule has 2 aromatic heterocycles. The zero-order valence-corrected chi connectivity index (χ0v) is 16.0. The molecule has 3 rings (SSSR count). The van der Waals surface area contributed by atoms with Crippen molar-refractivity contribution in [3.05, 3.63) is 29.3 Å². The number of carbonyl (C=O) groups excluding carboxylic acids is 2. The van der Waals surface area contributed by atoms with Gasteiger partial charge >= 0.3 is 0 Å². The Morgan fingerprint density at radius 1 is 1.26 bits per heavy atom. The van der Waals surface area contributed by atoms with Gasteiger partial charge in [-0.15, -0.1) is 0 Å². The van der Waals surface area contributed by atoms with Crippen molar-refractivity contribution >= 4 is 17.6 Å². The van der Waals surface area contributed by atoms with Crippen molar-refractivity contribution in [1.82, 2.24) is 20.7 Å². The van der Waals surface area contributed by atoms with E-state index in [4.69, 9.17) is 4.52 Å². The van der Waals surface area contributed by atoms with Crippen LogP contribution in [0.25, 0.3) is 0 Å². The van der Waals surface area contributed by atoms with Gasteiger partial charge in [-0.3, -0.25) is 14.7 Å². The summed E-state index contributed by atoms with van der Waals surface area (Å²) in [6.07, 6.45) is 3.73. The molecular formula is C19H27N5O3. The van der Waals surface area contributed by atoms with Crippen molar-refractivity contribution in [2.75, 3.05) is 5.32 Å². The molecular weight excluding hydrogens is 346 g/mol. The molecule has 0 unspecified atom stereocenters. The highest BCUT2D eigenvalue weighted by molar-refractivity contribution is 5.91. The van der Waals surface area contributed by atoms with Gasteiger partial charge in [0.15, 0.2) is 5.82 Å². The fraction of sp³-hybridized carbons (Fsp3) is 0.579. The van der Waals surface area contributed by atoms with Crippen LogP contribution in [-0.2, 0) is 16.0 Å². The average molecular weight is 373 g/mol. The predicted molar refractivity (Wildman–Crippen MR) is 100 cm³/mol. The third-order valence-corrected chi connectivity index (χ3v) is 4.85. The predicted octanol–water partition coefficient (Wildman–Crippen LogP) is 2.69. The molecule has 1 fully saturated rings. The van der Waals surface area contributed by atoms with E-state index in [1.807, 2.05) is 26.8 Å². The quantitative estimate of drug-likeness (QED) is 0.720. The maximum atomic E-state index is 12.1. The first kappa shape index (κ1) is 19.1. The third kappa shape index (κ3) is 5.18. The molecule has 2 heterocycles. The summed E-state index contributed by atoms with van der Waals surface area (Å²) < 4.78 is 5.05. The van der Waals surface area contributed by atoms with E-state index in [2.05, 4.69) is 26.0 Å². The summed E-state index contributed by atoms with van der Waals surface area (Å²) in [6, 6.07) is 3.79. The van der Waals surface area contributed by atoms with Gasteiger partial charge in [0.25, 0.3) is 0 Å². The van der Waals surface area contributed by atoms with Crippen LogP contribution in [0.4, 0.5) is 5.82 Å². The fourth-order valence-corrected chi connectivity index (χ4v) is 3.52. The van der Waals surface area contributed by atoms with Gasteiger partial charge in [0.2, 0.25) is 11.8 Å². The second-order valence-electron chi connectivity index (χ2n) is 7.58. The molecule has 0 aromatic carbocycles. The minimum absolute atomic E-state index is 0.0936. The highest BCUT2D eigenvalue weighted by Crippen LogP contribution is 2.35. The number of nitrogens with zero attached hydrogens (tertiary/aromatic N) is 2. The number of anilines is 1. The second kappa shape index (κ2) is 8.37. The molecule has 8 heteroatoms. The molecule has 27 heavy (non-hydrogen) atoms. The van der Waals surface area contributed by atoms with Gasteiger partial charge in [-0.2, -0.15) is 5.10 Å². The molecule has 8 nitrogen and oxygen atoms in total. The van der Waals surface area contributed by atoms with E-state index in [-0.39, 0.29) is 30.2 Å². The molecule has 0 aliphatic heterocycles. The fourth-order valence-electron chi connectivity index (χ4n) is 3.52. The van der Waals surface area contributed by atoms with Gasteiger partial charge in [0.1, 0.15) is 5.76 Å². The van der Waals surface area contributed by atoms with Crippen molar-refractivity contribution < 1.29 is 14.1 Å². The van der Waals surface area contributed by atoms with E-state index in [9.17, 15) is 9.59 Å². The summed E-state index contributed by atoms with van der Waals surface area (Å²) in [7, 11) is 0. The van der Waals surface area contributed by atoms with Crippen LogP contribution in [0.1, 0.15) is 62.6 Å². The number of aromatic nitrogens is 3. The summed E-state index contributed by atoms with van der Waals surface area (Å²) in [5, 5.41) is 16.8. The standard InChI is InChI=1S/C19H27N5O3/c1-11(2)20-19(26)14-6-4-13(5-7-14)16-10-17(23-22-16)21-18(25)9-15-8-12(3)24-27-15/h8,10-11,13-14H,4-7,9H2,1-3H3,(H,20,26)(H2,21,22,23,25). The molecule has 2 amide bonds. The summed E-state index contributed by atoms with van der Waals surface area (Å²) in [4.78, 5) is 24.2. The molecule has 0 bridgehead atoms. The zero-order chi connectivity index (χ0) is 19.4. The summed E-state index contributed by atoms with van der Waals surface area (Å²) in [6.45, 7) is 5.77. The van der Waals surface area contributed by atoms with E-state index < -0.39 is 0 Å². The Morgan fingerprint density at radius 2 is 2.00 bits per heavy atom. The Balaban J connectivity index is 1.49. The number of aryl methyl sites for hydroxylation is 1. The highest BCUT2D eigenvalue weighted by Gasteiger charge is 2.28. The van der Waals surface area contributed by atoms with Gasteiger partial charge in [-0.05, 0) is 46.5 Å². The van der Waals surface area contributed by atoms with Crippen molar-refractivity contribution in [2.24, 2.45) is 5.92 Å². The first-order valence-electron chi connectivity index (χ1n) is 9.48. The molecule has 146 valence electrons. The van der Waals surface area contributed by atoms with Crippen LogP contribution in [0.15, 0.2) is 16.7 Å². The molecule has 1 aliphatic carbocycles. The highest BCUT2D eigenvalue weighted by atomic mass is 16.5. The molecule has 0 atom stereocenters. The van der Waals surface area contributed by atoms with Crippen molar-refractivity contribution in [2.45, 2.75) is 64.8 Å². The third-order valence-electron chi connectivity index (χ3n) is 4.85. The van der Waals surface area contributed by atoms with Crippen LogP contribution in [0.5, 0.6) is 0 Å². The molecule has 1 saturated carbocycles. The number of aromatic amines is 1. The van der Waals surface area contributed by atoms with E-state index in [0.29, 0.717) is 17.5 Å². The number of nitrogens with one attached hydrogen (secondary N) is 3. The molecule has 2 aromatic rings. The van der Waals surface area contributed by atoms with Gasteiger partial charge in [-0.25, -0.2) is 0 Å². The zero-order valence-electron chi connectivity index (χ0n) is 16.0. The second-order valence-corrected chi connectivity index (χ2v) is 7.58. The molecule has 3 N–H and O–H groups in total. The SMILES string of the molecule is Cc1cc(CC(=O)Nc2cc(C3CCC(C(=O)NC(C)C)CC3)[nH]n2)on1. The monoisotopic (exact) mass is 373 g/mol. The van der Waals surface area contributed by atoms with E-state index in [0.717, 1.165) is 37.1 Å². The van der Waals surface area contributed by atoms with E-state index >= 15 is 0 Å². The van der Waals surface area contributed by atoms with Crippen molar-refractivity contribution in [3.63, 3.8) is 0 Å².